The molecule has 1 fully saturated rings. The standard InChI is InChI=1S/C35H40ClN5O4S/c1-23(2)18-30-31(42)22-40(21-26-12-6-5-7-13-26)16-17-41(30)34(43)27-14-9-15-28(19-27)46(44,45)39-35-37-29(20-32(36)38-35)33-24(3)10-8-11-25(33)4/h5-15,19-20,23,30-31,42H,16-18,21-22H2,1-4H3,(H,37,38,39)/t30-,31+/m1/s1. The minimum Gasteiger partial charge on any atom is -0.390 e. The van der Waals surface area contributed by atoms with Crippen LogP contribution in [0.4, 0.5) is 5.95 Å². The molecule has 0 unspecified atom stereocenters. The summed E-state index contributed by atoms with van der Waals surface area (Å²) in [6.07, 6.45) is -0.155. The molecule has 0 bridgehead atoms. The number of nitrogens with zero attached hydrogens (tertiary/aromatic N) is 4. The van der Waals surface area contributed by atoms with Crippen LogP contribution in [0, 0.1) is 19.8 Å². The van der Waals surface area contributed by atoms with Gasteiger partial charge in [-0.1, -0.05) is 80.0 Å². The van der Waals surface area contributed by atoms with Gasteiger partial charge in [0.2, 0.25) is 5.95 Å². The molecule has 2 N–H and O–H groups in total. The minimum absolute atomic E-state index is 0.0894. The molecule has 0 saturated carbocycles. The van der Waals surface area contributed by atoms with Crippen LogP contribution in [0.5, 0.6) is 0 Å². The van der Waals surface area contributed by atoms with Gasteiger partial charge in [0.1, 0.15) is 5.15 Å². The van der Waals surface area contributed by atoms with E-state index >= 15 is 0 Å². The Morgan fingerprint density at radius 3 is 2.37 bits per heavy atom. The van der Waals surface area contributed by atoms with Crippen molar-refractivity contribution in [3.63, 3.8) is 0 Å². The highest BCUT2D eigenvalue weighted by Gasteiger charge is 2.35. The van der Waals surface area contributed by atoms with E-state index in [1.807, 2.05) is 62.4 Å². The van der Waals surface area contributed by atoms with Gasteiger partial charge in [-0.2, -0.15) is 0 Å². The summed E-state index contributed by atoms with van der Waals surface area (Å²) >= 11 is 6.30. The number of hydrogen-bond acceptors (Lipinski definition) is 7. The molecule has 0 aliphatic carbocycles. The third-order valence-corrected chi connectivity index (χ3v) is 9.74. The van der Waals surface area contributed by atoms with Crippen molar-refractivity contribution in [1.82, 2.24) is 19.8 Å². The number of aliphatic hydroxyl groups excluding tert-OH is 1. The second-order valence-electron chi connectivity index (χ2n) is 12.3. The number of β-amino-alcohol motifs (C(OH)–C–C–N with tert-alkyl or cyclic N) is 1. The van der Waals surface area contributed by atoms with E-state index in [0.29, 0.717) is 38.3 Å². The first-order valence-electron chi connectivity index (χ1n) is 15.4. The number of aryl methyl sites for hydroxylation is 2. The van der Waals surface area contributed by atoms with Gasteiger partial charge in [0.05, 0.1) is 22.7 Å². The molecule has 11 heteroatoms. The van der Waals surface area contributed by atoms with E-state index in [2.05, 4.69) is 33.4 Å². The average molecular weight is 662 g/mol. The Labute approximate surface area is 276 Å². The topological polar surface area (TPSA) is 116 Å². The lowest BCUT2D eigenvalue weighted by molar-refractivity contribution is 0.0342. The average Bonchev–Trinajstić information content (AvgIpc) is 3.14. The monoisotopic (exact) mass is 661 g/mol. The van der Waals surface area contributed by atoms with E-state index in [-0.39, 0.29) is 33.4 Å². The zero-order valence-electron chi connectivity index (χ0n) is 26.5. The number of carbonyl (C=O) groups is 1. The third kappa shape index (κ3) is 7.93. The molecule has 1 aromatic heterocycles. The number of carbonyl (C=O) groups excluding carboxylic acids is 1. The summed E-state index contributed by atoms with van der Waals surface area (Å²) in [4.78, 5) is 26.4. The number of halogens is 1. The van der Waals surface area contributed by atoms with Crippen molar-refractivity contribution in [3.05, 3.63) is 106 Å². The van der Waals surface area contributed by atoms with Gasteiger partial charge in [-0.15, -0.1) is 0 Å². The predicted octanol–water partition coefficient (Wildman–Crippen LogP) is 5.95. The number of aromatic nitrogens is 2. The van der Waals surface area contributed by atoms with Crippen molar-refractivity contribution in [2.24, 2.45) is 5.92 Å². The Kier molecular flexibility index (Phi) is 10.4. The Morgan fingerprint density at radius 2 is 1.67 bits per heavy atom. The molecular weight excluding hydrogens is 622 g/mol. The molecule has 2 heterocycles. The summed E-state index contributed by atoms with van der Waals surface area (Å²) in [5.74, 6) is -0.273. The number of hydrogen-bond donors (Lipinski definition) is 2. The van der Waals surface area contributed by atoms with E-state index in [1.54, 1.807) is 17.0 Å². The largest absolute Gasteiger partial charge is 0.390 e. The van der Waals surface area contributed by atoms with Crippen LogP contribution in [0.2, 0.25) is 5.15 Å². The fourth-order valence-corrected chi connectivity index (χ4v) is 7.23. The van der Waals surface area contributed by atoms with Crippen LogP contribution in [-0.4, -0.2) is 71.0 Å². The van der Waals surface area contributed by atoms with Crippen molar-refractivity contribution in [1.29, 1.82) is 0 Å². The van der Waals surface area contributed by atoms with Gasteiger partial charge in [0, 0.05) is 43.4 Å². The Bertz CT molecular complexity index is 1780. The molecule has 3 aromatic carbocycles. The number of rotatable bonds is 9. The van der Waals surface area contributed by atoms with E-state index in [0.717, 1.165) is 22.3 Å². The molecule has 2 atom stereocenters. The van der Waals surface area contributed by atoms with E-state index in [4.69, 9.17) is 11.6 Å². The zero-order valence-corrected chi connectivity index (χ0v) is 28.1. The quantitative estimate of drug-likeness (QED) is 0.213. The highest BCUT2D eigenvalue weighted by Crippen LogP contribution is 2.29. The van der Waals surface area contributed by atoms with E-state index in [1.165, 1.54) is 18.2 Å². The summed E-state index contributed by atoms with van der Waals surface area (Å²) in [6.45, 7) is 10.1. The van der Waals surface area contributed by atoms with Crippen molar-refractivity contribution in [3.8, 4) is 11.3 Å². The highest BCUT2D eigenvalue weighted by molar-refractivity contribution is 7.92. The van der Waals surface area contributed by atoms with Crippen LogP contribution in [0.25, 0.3) is 11.3 Å². The lowest BCUT2D eigenvalue weighted by Gasteiger charge is -2.33. The lowest BCUT2D eigenvalue weighted by atomic mass is 9.97. The summed E-state index contributed by atoms with van der Waals surface area (Å²) in [7, 11) is -4.19. The highest BCUT2D eigenvalue weighted by atomic mass is 35.5. The molecule has 0 spiro atoms. The van der Waals surface area contributed by atoms with Crippen LogP contribution >= 0.6 is 11.6 Å². The van der Waals surface area contributed by atoms with Crippen molar-refractivity contribution in [2.45, 2.75) is 57.7 Å². The van der Waals surface area contributed by atoms with Crippen LogP contribution < -0.4 is 4.72 Å². The Hall–Kier alpha value is -3.83. The number of anilines is 1. The van der Waals surface area contributed by atoms with E-state index in [9.17, 15) is 18.3 Å². The first kappa shape index (κ1) is 33.5. The summed E-state index contributed by atoms with van der Waals surface area (Å²) in [5.41, 5.74) is 4.61. The second kappa shape index (κ2) is 14.3. The number of amides is 1. The molecular formula is C35H40ClN5O4S. The summed E-state index contributed by atoms with van der Waals surface area (Å²) < 4.78 is 29.6. The fourth-order valence-electron chi connectivity index (χ4n) is 6.06. The number of nitrogens with one attached hydrogen (secondary N) is 1. The number of aliphatic hydroxyl groups is 1. The normalized spacial score (nSPS) is 17.6. The van der Waals surface area contributed by atoms with Gasteiger partial charge in [-0.05, 0) is 61.1 Å². The maximum absolute atomic E-state index is 14.0. The molecule has 242 valence electrons. The predicted molar refractivity (Wildman–Crippen MR) is 181 cm³/mol. The molecule has 9 nitrogen and oxygen atoms in total. The van der Waals surface area contributed by atoms with Crippen LogP contribution in [0.15, 0.2) is 83.8 Å². The van der Waals surface area contributed by atoms with Crippen LogP contribution in [0.3, 0.4) is 0 Å². The smallest absolute Gasteiger partial charge is 0.264 e. The molecule has 4 aromatic rings. The molecule has 46 heavy (non-hydrogen) atoms. The van der Waals surface area contributed by atoms with Crippen molar-refractivity contribution in [2.75, 3.05) is 24.4 Å². The summed E-state index contributed by atoms with van der Waals surface area (Å²) in [6, 6.07) is 22.9. The lowest BCUT2D eigenvalue weighted by Crippen LogP contribution is -2.48. The molecule has 0 radical (unpaired) electrons. The SMILES string of the molecule is Cc1cccc(C)c1-c1cc(Cl)nc(NS(=O)(=O)c2cccc(C(=O)N3CCN(Cc4ccccc4)C[C@H](O)[C@H]3CC(C)C)c2)n1. The molecule has 1 aliphatic rings. The molecule has 5 rings (SSSR count). The Balaban J connectivity index is 1.40. The van der Waals surface area contributed by atoms with Gasteiger partial charge in [0.15, 0.2) is 0 Å². The second-order valence-corrected chi connectivity index (χ2v) is 14.4. The molecule has 1 saturated heterocycles. The number of sulfonamides is 1. The number of benzene rings is 3. The maximum Gasteiger partial charge on any atom is 0.264 e. The van der Waals surface area contributed by atoms with Gasteiger partial charge in [-0.25, -0.2) is 23.1 Å². The van der Waals surface area contributed by atoms with Gasteiger partial charge < -0.3 is 10.0 Å². The van der Waals surface area contributed by atoms with E-state index < -0.39 is 22.2 Å². The van der Waals surface area contributed by atoms with Crippen molar-refractivity contribution < 1.29 is 18.3 Å². The first-order chi connectivity index (χ1) is 21.9. The van der Waals surface area contributed by atoms with Crippen LogP contribution in [0.1, 0.15) is 47.3 Å². The molecule has 1 amide bonds. The molecule has 1 aliphatic heterocycles. The third-order valence-electron chi connectivity index (χ3n) is 8.22. The van der Waals surface area contributed by atoms with Gasteiger partial charge in [-0.3, -0.25) is 9.69 Å². The maximum atomic E-state index is 14.0. The first-order valence-corrected chi connectivity index (χ1v) is 17.3. The summed E-state index contributed by atoms with van der Waals surface area (Å²) in [5, 5.41) is 11.4. The van der Waals surface area contributed by atoms with Crippen LogP contribution in [-0.2, 0) is 16.6 Å². The van der Waals surface area contributed by atoms with Gasteiger partial charge >= 0.3 is 0 Å². The fraction of sp³-hybridized carbons (Fsp3) is 0.343. The zero-order chi connectivity index (χ0) is 33.0. The Morgan fingerprint density at radius 1 is 0.978 bits per heavy atom. The van der Waals surface area contributed by atoms with Gasteiger partial charge in [0.25, 0.3) is 15.9 Å². The van der Waals surface area contributed by atoms with Crippen molar-refractivity contribution >= 4 is 33.5 Å². The minimum atomic E-state index is -4.19.